The fourth-order valence-electron chi connectivity index (χ4n) is 2.42. The molecule has 0 amide bonds. The van der Waals surface area contributed by atoms with E-state index in [0.717, 1.165) is 11.1 Å². The lowest BCUT2D eigenvalue weighted by atomic mass is 9.95. The van der Waals surface area contributed by atoms with Crippen LogP contribution in [0, 0.1) is 17.0 Å². The van der Waals surface area contributed by atoms with E-state index >= 15 is 0 Å². The number of aromatic nitrogens is 2. The van der Waals surface area contributed by atoms with E-state index in [1.54, 1.807) is 17.8 Å². The number of nitro groups is 1. The van der Waals surface area contributed by atoms with Crippen LogP contribution in [0.4, 0.5) is 11.5 Å². The highest BCUT2D eigenvalue weighted by molar-refractivity contribution is 5.79. The molecule has 0 aliphatic heterocycles. The maximum Gasteiger partial charge on any atom is 0.279 e. The number of nitrogen functional groups attached to an aromatic ring is 1. The lowest BCUT2D eigenvalue weighted by molar-refractivity contribution is -0.384. The van der Waals surface area contributed by atoms with Crippen molar-refractivity contribution in [2.45, 2.75) is 26.7 Å². The smallest absolute Gasteiger partial charge is 0.279 e. The molecule has 1 heterocycles. The molecule has 0 saturated heterocycles. The molecule has 0 spiro atoms. The van der Waals surface area contributed by atoms with E-state index in [9.17, 15) is 10.1 Å². The molecule has 20 heavy (non-hydrogen) atoms. The van der Waals surface area contributed by atoms with Crippen molar-refractivity contribution >= 4 is 11.5 Å². The normalized spacial score (nSPS) is 11.1. The van der Waals surface area contributed by atoms with Crippen molar-refractivity contribution in [2.75, 3.05) is 5.73 Å². The molecule has 1 aromatic carbocycles. The van der Waals surface area contributed by atoms with Gasteiger partial charge in [0.05, 0.1) is 10.5 Å². The van der Waals surface area contributed by atoms with Gasteiger partial charge in [0.15, 0.2) is 0 Å². The lowest BCUT2D eigenvalue weighted by Crippen LogP contribution is -2.00. The maximum atomic E-state index is 11.3. The van der Waals surface area contributed by atoms with Crippen LogP contribution in [0.2, 0.25) is 0 Å². The van der Waals surface area contributed by atoms with Gasteiger partial charge in [0.2, 0.25) is 0 Å². The Balaban J connectivity index is 2.82. The number of benzene rings is 1. The quantitative estimate of drug-likeness (QED) is 0.688. The molecule has 0 atom stereocenters. The summed E-state index contributed by atoms with van der Waals surface area (Å²) in [6, 6.07) is 5.02. The van der Waals surface area contributed by atoms with Crippen molar-refractivity contribution in [2.24, 2.45) is 7.05 Å². The largest absolute Gasteiger partial charge is 0.384 e. The van der Waals surface area contributed by atoms with Gasteiger partial charge in [-0.1, -0.05) is 26.0 Å². The molecule has 0 unspecified atom stereocenters. The molecule has 106 valence electrons. The molecule has 0 saturated carbocycles. The highest BCUT2D eigenvalue weighted by Gasteiger charge is 2.25. The second-order valence-corrected chi connectivity index (χ2v) is 5.15. The van der Waals surface area contributed by atoms with E-state index in [1.165, 1.54) is 6.07 Å². The van der Waals surface area contributed by atoms with E-state index < -0.39 is 0 Å². The zero-order valence-corrected chi connectivity index (χ0v) is 12.0. The number of nitro benzene ring substituents is 1. The van der Waals surface area contributed by atoms with Gasteiger partial charge >= 0.3 is 0 Å². The molecule has 2 rings (SSSR count). The maximum absolute atomic E-state index is 11.3. The van der Waals surface area contributed by atoms with Crippen LogP contribution in [0.25, 0.3) is 11.3 Å². The van der Waals surface area contributed by atoms with Crippen LogP contribution in [-0.4, -0.2) is 14.7 Å². The molecule has 0 fully saturated rings. The first-order chi connectivity index (χ1) is 9.34. The molecule has 0 radical (unpaired) electrons. The predicted molar refractivity (Wildman–Crippen MR) is 78.5 cm³/mol. The number of hydrogen-bond acceptors (Lipinski definition) is 4. The van der Waals surface area contributed by atoms with Gasteiger partial charge in [0.25, 0.3) is 5.69 Å². The average molecular weight is 274 g/mol. The van der Waals surface area contributed by atoms with Crippen LogP contribution in [0.3, 0.4) is 0 Å². The first-order valence-electron chi connectivity index (χ1n) is 6.41. The lowest BCUT2D eigenvalue weighted by Gasteiger charge is -2.09. The van der Waals surface area contributed by atoms with E-state index in [-0.39, 0.29) is 16.5 Å². The van der Waals surface area contributed by atoms with Crippen LogP contribution >= 0.6 is 0 Å². The summed E-state index contributed by atoms with van der Waals surface area (Å²) in [5.74, 6) is 0.686. The zero-order chi connectivity index (χ0) is 15.0. The first kappa shape index (κ1) is 14.0. The van der Waals surface area contributed by atoms with E-state index in [4.69, 9.17) is 5.73 Å². The number of rotatable bonds is 3. The van der Waals surface area contributed by atoms with Crippen molar-refractivity contribution in [3.8, 4) is 11.3 Å². The first-order valence-corrected chi connectivity index (χ1v) is 6.41. The molecule has 6 nitrogen and oxygen atoms in total. The Morgan fingerprint density at radius 2 is 2.05 bits per heavy atom. The Morgan fingerprint density at radius 1 is 1.40 bits per heavy atom. The van der Waals surface area contributed by atoms with Gasteiger partial charge in [-0.05, 0) is 18.4 Å². The summed E-state index contributed by atoms with van der Waals surface area (Å²) in [5.41, 5.74) is 8.93. The third-order valence-electron chi connectivity index (χ3n) is 3.39. The molecule has 0 bridgehead atoms. The van der Waals surface area contributed by atoms with Crippen molar-refractivity contribution in [1.82, 2.24) is 9.78 Å². The highest BCUT2D eigenvalue weighted by Crippen LogP contribution is 2.38. The Hall–Kier alpha value is -2.37. The van der Waals surface area contributed by atoms with Crippen molar-refractivity contribution in [3.05, 3.63) is 39.4 Å². The summed E-state index contributed by atoms with van der Waals surface area (Å²) in [6.45, 7) is 5.85. The SMILES string of the molecule is Cc1cccc([N+](=O)[O-])c1-c1nn(C)c(N)c1C(C)C. The molecule has 0 aliphatic carbocycles. The van der Waals surface area contributed by atoms with Crippen LogP contribution in [0.15, 0.2) is 18.2 Å². The Labute approximate surface area is 117 Å². The predicted octanol–water partition coefficient (Wildman–Crippen LogP) is 3.01. The van der Waals surface area contributed by atoms with Gasteiger partial charge in [0, 0.05) is 18.7 Å². The molecule has 2 N–H and O–H groups in total. The minimum Gasteiger partial charge on any atom is -0.384 e. The Bertz CT molecular complexity index is 674. The summed E-state index contributed by atoms with van der Waals surface area (Å²) in [4.78, 5) is 10.9. The summed E-state index contributed by atoms with van der Waals surface area (Å²) in [6.07, 6.45) is 0. The van der Waals surface area contributed by atoms with Gasteiger partial charge in [-0.25, -0.2) is 0 Å². The average Bonchev–Trinajstić information content (AvgIpc) is 2.65. The molecular weight excluding hydrogens is 256 g/mol. The van der Waals surface area contributed by atoms with Gasteiger partial charge in [0.1, 0.15) is 11.5 Å². The molecule has 2 aromatic rings. The summed E-state index contributed by atoms with van der Waals surface area (Å²) >= 11 is 0. The minimum atomic E-state index is -0.378. The third-order valence-corrected chi connectivity index (χ3v) is 3.39. The standard InChI is InChI=1S/C14H18N4O2/c1-8(2)11-13(16-17(4)14(11)15)12-9(3)6-5-7-10(12)18(19)20/h5-8H,15H2,1-4H3. The number of nitrogens with two attached hydrogens (primary N) is 1. The van der Waals surface area contributed by atoms with Gasteiger partial charge < -0.3 is 5.73 Å². The number of aryl methyl sites for hydroxylation is 2. The van der Waals surface area contributed by atoms with Crippen LogP contribution in [-0.2, 0) is 7.05 Å². The molecule has 6 heteroatoms. The van der Waals surface area contributed by atoms with E-state index in [1.807, 2.05) is 26.8 Å². The molecular formula is C14H18N4O2. The number of anilines is 1. The van der Waals surface area contributed by atoms with E-state index in [0.29, 0.717) is 17.1 Å². The molecule has 0 aliphatic rings. The zero-order valence-electron chi connectivity index (χ0n) is 12.0. The van der Waals surface area contributed by atoms with E-state index in [2.05, 4.69) is 5.10 Å². The summed E-state index contributed by atoms with van der Waals surface area (Å²) < 4.78 is 1.57. The highest BCUT2D eigenvalue weighted by atomic mass is 16.6. The van der Waals surface area contributed by atoms with Gasteiger partial charge in [-0.2, -0.15) is 5.10 Å². The number of nitrogens with zero attached hydrogens (tertiary/aromatic N) is 3. The van der Waals surface area contributed by atoms with Gasteiger partial charge in [-0.15, -0.1) is 0 Å². The minimum absolute atomic E-state index is 0.0602. The van der Waals surface area contributed by atoms with Gasteiger partial charge in [-0.3, -0.25) is 14.8 Å². The van der Waals surface area contributed by atoms with Crippen LogP contribution < -0.4 is 5.73 Å². The molecule has 1 aromatic heterocycles. The number of hydrogen-bond donors (Lipinski definition) is 1. The van der Waals surface area contributed by atoms with Crippen molar-refractivity contribution < 1.29 is 4.92 Å². The second kappa shape index (κ2) is 4.96. The third kappa shape index (κ3) is 2.13. The Morgan fingerprint density at radius 3 is 2.60 bits per heavy atom. The Kier molecular flexibility index (Phi) is 3.48. The topological polar surface area (TPSA) is 87.0 Å². The van der Waals surface area contributed by atoms with Crippen LogP contribution in [0.1, 0.15) is 30.9 Å². The summed E-state index contributed by atoms with van der Waals surface area (Å²) in [5, 5.41) is 15.7. The monoisotopic (exact) mass is 274 g/mol. The van der Waals surface area contributed by atoms with Crippen LogP contribution in [0.5, 0.6) is 0 Å². The van der Waals surface area contributed by atoms with Crippen molar-refractivity contribution in [1.29, 1.82) is 0 Å². The van der Waals surface area contributed by atoms with Crippen molar-refractivity contribution in [3.63, 3.8) is 0 Å². The fraction of sp³-hybridized carbons (Fsp3) is 0.357. The summed E-state index contributed by atoms with van der Waals surface area (Å²) in [7, 11) is 1.74. The second-order valence-electron chi connectivity index (χ2n) is 5.15. The fourth-order valence-corrected chi connectivity index (χ4v) is 2.42.